The van der Waals surface area contributed by atoms with E-state index in [1.165, 1.54) is 5.56 Å². The fraction of sp³-hybridized carbons (Fsp3) is 0.333. The van der Waals surface area contributed by atoms with E-state index in [0.29, 0.717) is 5.92 Å². The molecular formula is C15H16N2O. The van der Waals surface area contributed by atoms with E-state index in [9.17, 15) is 4.79 Å². The molecule has 18 heavy (non-hydrogen) atoms. The summed E-state index contributed by atoms with van der Waals surface area (Å²) in [6, 6.07) is 12.2. The largest absolute Gasteiger partial charge is 0.272 e. The van der Waals surface area contributed by atoms with Crippen LogP contribution >= 0.6 is 0 Å². The van der Waals surface area contributed by atoms with Crippen LogP contribution in [-0.2, 0) is 0 Å². The Balaban J connectivity index is 1.79. The van der Waals surface area contributed by atoms with Crippen LogP contribution < -0.4 is 0 Å². The van der Waals surface area contributed by atoms with Crippen molar-refractivity contribution in [1.29, 1.82) is 0 Å². The molecule has 1 aromatic carbocycles. The number of nitrogens with zero attached hydrogens (tertiary/aromatic N) is 2. The summed E-state index contributed by atoms with van der Waals surface area (Å²) in [5, 5.41) is 4.27. The van der Waals surface area contributed by atoms with Crippen LogP contribution in [0.15, 0.2) is 36.4 Å². The molecule has 0 bridgehead atoms. The quantitative estimate of drug-likeness (QED) is 0.809. The summed E-state index contributed by atoms with van der Waals surface area (Å²) in [6.07, 6.45) is 0.946. The average molecular weight is 240 g/mol. The summed E-state index contributed by atoms with van der Waals surface area (Å²) in [7, 11) is 0. The summed E-state index contributed by atoms with van der Waals surface area (Å²) in [5.41, 5.74) is 3.09. The minimum atomic E-state index is 0.102. The molecule has 2 atom stereocenters. The molecule has 0 N–H and O–H groups in total. The Hall–Kier alpha value is -1.90. The summed E-state index contributed by atoms with van der Waals surface area (Å²) in [4.78, 5) is 12.3. The topological polar surface area (TPSA) is 34.9 Å². The molecule has 2 aromatic rings. The first kappa shape index (κ1) is 11.2. The van der Waals surface area contributed by atoms with Gasteiger partial charge in [0.2, 0.25) is 0 Å². The van der Waals surface area contributed by atoms with Crippen molar-refractivity contribution in [1.82, 2.24) is 9.78 Å². The van der Waals surface area contributed by atoms with Gasteiger partial charge < -0.3 is 0 Å². The Kier molecular flexibility index (Phi) is 2.54. The number of carbonyl (C=O) groups is 1. The van der Waals surface area contributed by atoms with E-state index in [1.807, 2.05) is 38.1 Å². The Morgan fingerprint density at radius 3 is 2.61 bits per heavy atom. The lowest BCUT2D eigenvalue weighted by atomic mass is 10.1. The monoisotopic (exact) mass is 240 g/mol. The van der Waals surface area contributed by atoms with E-state index < -0.39 is 0 Å². The average Bonchev–Trinajstić information content (AvgIpc) is 3.10. The Morgan fingerprint density at radius 1 is 1.28 bits per heavy atom. The normalized spacial score (nSPS) is 21.9. The Labute approximate surface area is 106 Å². The first-order chi connectivity index (χ1) is 8.66. The molecule has 1 saturated carbocycles. The van der Waals surface area contributed by atoms with E-state index in [4.69, 9.17) is 0 Å². The van der Waals surface area contributed by atoms with Gasteiger partial charge in [0.1, 0.15) is 0 Å². The van der Waals surface area contributed by atoms with Gasteiger partial charge in [-0.1, -0.05) is 30.3 Å². The van der Waals surface area contributed by atoms with Gasteiger partial charge >= 0.3 is 0 Å². The molecule has 1 aromatic heterocycles. The zero-order chi connectivity index (χ0) is 12.7. The van der Waals surface area contributed by atoms with Gasteiger partial charge in [0.15, 0.2) is 0 Å². The lowest BCUT2D eigenvalue weighted by Gasteiger charge is -2.02. The van der Waals surface area contributed by atoms with Gasteiger partial charge in [-0.3, -0.25) is 4.79 Å². The van der Waals surface area contributed by atoms with Crippen LogP contribution in [-0.4, -0.2) is 15.7 Å². The molecule has 1 aliphatic carbocycles. The summed E-state index contributed by atoms with van der Waals surface area (Å²) < 4.78 is 1.56. The maximum atomic E-state index is 12.3. The van der Waals surface area contributed by atoms with E-state index in [2.05, 4.69) is 17.2 Å². The molecule has 1 aliphatic rings. The molecule has 3 rings (SSSR count). The second-order valence-electron chi connectivity index (χ2n) is 5.04. The number of benzene rings is 1. The molecular weight excluding hydrogens is 224 g/mol. The predicted octanol–water partition coefficient (Wildman–Crippen LogP) is 2.94. The highest BCUT2D eigenvalue weighted by atomic mass is 16.2. The number of carbonyl (C=O) groups excluding carboxylic acids is 1. The maximum absolute atomic E-state index is 12.3. The third kappa shape index (κ3) is 1.86. The molecule has 0 aliphatic heterocycles. The number of aromatic nitrogens is 2. The van der Waals surface area contributed by atoms with E-state index >= 15 is 0 Å². The van der Waals surface area contributed by atoms with Crippen LogP contribution in [0.5, 0.6) is 0 Å². The first-order valence-corrected chi connectivity index (χ1v) is 6.29. The molecule has 0 saturated heterocycles. The van der Waals surface area contributed by atoms with Crippen molar-refractivity contribution in [3.8, 4) is 0 Å². The third-order valence-electron chi connectivity index (χ3n) is 3.55. The molecule has 0 unspecified atom stereocenters. The van der Waals surface area contributed by atoms with Crippen molar-refractivity contribution in [2.24, 2.45) is 5.92 Å². The molecule has 1 heterocycles. The highest BCUT2D eigenvalue weighted by Crippen LogP contribution is 2.48. The number of hydrogen-bond acceptors (Lipinski definition) is 2. The molecule has 0 spiro atoms. The second-order valence-corrected chi connectivity index (χ2v) is 5.04. The van der Waals surface area contributed by atoms with Crippen molar-refractivity contribution >= 4 is 5.91 Å². The van der Waals surface area contributed by atoms with E-state index in [0.717, 1.165) is 17.8 Å². The predicted molar refractivity (Wildman–Crippen MR) is 69.6 cm³/mol. The number of aryl methyl sites for hydroxylation is 2. The highest BCUT2D eigenvalue weighted by molar-refractivity contribution is 5.85. The van der Waals surface area contributed by atoms with Crippen molar-refractivity contribution in [2.75, 3.05) is 0 Å². The van der Waals surface area contributed by atoms with Gasteiger partial charge in [-0.15, -0.1) is 0 Å². The molecule has 0 amide bonds. The van der Waals surface area contributed by atoms with Crippen LogP contribution in [0.3, 0.4) is 0 Å². The minimum absolute atomic E-state index is 0.102. The van der Waals surface area contributed by atoms with Gasteiger partial charge in [-0.2, -0.15) is 5.10 Å². The van der Waals surface area contributed by atoms with Crippen LogP contribution in [0, 0.1) is 19.8 Å². The van der Waals surface area contributed by atoms with E-state index in [1.54, 1.807) is 4.68 Å². The van der Waals surface area contributed by atoms with Crippen LogP contribution in [0.1, 0.15) is 34.1 Å². The zero-order valence-electron chi connectivity index (χ0n) is 10.6. The summed E-state index contributed by atoms with van der Waals surface area (Å²) in [6.45, 7) is 3.84. The Bertz CT molecular complexity index is 586. The van der Waals surface area contributed by atoms with Gasteiger partial charge in [-0.05, 0) is 37.8 Å². The van der Waals surface area contributed by atoms with Gasteiger partial charge in [0, 0.05) is 11.6 Å². The van der Waals surface area contributed by atoms with Gasteiger partial charge in [-0.25, -0.2) is 4.68 Å². The van der Waals surface area contributed by atoms with Crippen LogP contribution in [0.2, 0.25) is 0 Å². The van der Waals surface area contributed by atoms with Crippen molar-refractivity contribution in [3.05, 3.63) is 53.3 Å². The summed E-state index contributed by atoms with van der Waals surface area (Å²) in [5.74, 6) is 0.613. The third-order valence-corrected chi connectivity index (χ3v) is 3.55. The smallest absolute Gasteiger partial charge is 0.250 e. The second kappa shape index (κ2) is 4.09. The minimum Gasteiger partial charge on any atom is -0.272 e. The lowest BCUT2D eigenvalue weighted by Crippen LogP contribution is -2.16. The molecule has 92 valence electrons. The fourth-order valence-corrected chi connectivity index (χ4v) is 2.55. The highest BCUT2D eigenvalue weighted by Gasteiger charge is 2.45. The zero-order valence-corrected chi connectivity index (χ0v) is 10.6. The first-order valence-electron chi connectivity index (χ1n) is 6.29. The van der Waals surface area contributed by atoms with Crippen molar-refractivity contribution in [3.63, 3.8) is 0 Å². The molecule has 3 nitrogen and oxygen atoms in total. The van der Waals surface area contributed by atoms with E-state index in [-0.39, 0.29) is 11.8 Å². The standard InChI is InChI=1S/C15H16N2O/c1-10-8-11(2)17(16-10)15(18)14-9-13(14)12-6-4-3-5-7-12/h3-8,13-14H,9H2,1-2H3/t13-,14+/m0/s1. The van der Waals surface area contributed by atoms with Crippen molar-refractivity contribution in [2.45, 2.75) is 26.2 Å². The van der Waals surface area contributed by atoms with Crippen LogP contribution in [0.4, 0.5) is 0 Å². The lowest BCUT2D eigenvalue weighted by molar-refractivity contribution is 0.0864. The van der Waals surface area contributed by atoms with Gasteiger partial charge in [0.25, 0.3) is 5.91 Å². The molecule has 3 heteroatoms. The Morgan fingerprint density at radius 2 is 2.00 bits per heavy atom. The molecule has 1 fully saturated rings. The van der Waals surface area contributed by atoms with Crippen LogP contribution in [0.25, 0.3) is 0 Å². The number of hydrogen-bond donors (Lipinski definition) is 0. The molecule has 0 radical (unpaired) electrons. The summed E-state index contributed by atoms with van der Waals surface area (Å²) >= 11 is 0. The fourth-order valence-electron chi connectivity index (χ4n) is 2.55. The maximum Gasteiger partial charge on any atom is 0.250 e. The van der Waals surface area contributed by atoms with Crippen molar-refractivity contribution < 1.29 is 4.79 Å². The van der Waals surface area contributed by atoms with Gasteiger partial charge in [0.05, 0.1) is 5.69 Å². The number of rotatable bonds is 2. The SMILES string of the molecule is Cc1cc(C)n(C(=O)[C@@H]2C[C@H]2c2ccccc2)n1.